The summed E-state index contributed by atoms with van der Waals surface area (Å²) in [4.78, 5) is 22.4. The van der Waals surface area contributed by atoms with E-state index in [-0.39, 0.29) is 23.6 Å². The number of unbranched alkanes of at least 4 members (excludes halogenated alkanes) is 2. The summed E-state index contributed by atoms with van der Waals surface area (Å²) >= 11 is 0. The quantitative estimate of drug-likeness (QED) is 0.627. The highest BCUT2D eigenvalue weighted by Gasteiger charge is 2.18. The van der Waals surface area contributed by atoms with E-state index in [0.29, 0.717) is 13.0 Å². The van der Waals surface area contributed by atoms with Gasteiger partial charge < -0.3 is 10.4 Å². The number of carboxylic acid groups (broad SMARTS) is 1. The Hall–Kier alpha value is -1.89. The summed E-state index contributed by atoms with van der Waals surface area (Å²) in [6, 6.07) is 6.37. The van der Waals surface area contributed by atoms with Gasteiger partial charge in [-0.25, -0.2) is 8.42 Å². The molecule has 6 nitrogen and oxygen atoms in total. The van der Waals surface area contributed by atoms with Gasteiger partial charge >= 0.3 is 5.97 Å². The van der Waals surface area contributed by atoms with Crippen molar-refractivity contribution in [3.05, 3.63) is 29.8 Å². The molecule has 1 aromatic carbocycles. The molecule has 0 bridgehead atoms. The van der Waals surface area contributed by atoms with Crippen LogP contribution in [0.2, 0.25) is 0 Å². The highest BCUT2D eigenvalue weighted by molar-refractivity contribution is 7.92. The molecule has 1 rings (SSSR count). The molecule has 0 heterocycles. The highest BCUT2D eigenvalue weighted by Crippen LogP contribution is 2.16. The van der Waals surface area contributed by atoms with Crippen molar-refractivity contribution in [1.29, 1.82) is 0 Å². The molecule has 0 aliphatic carbocycles. The van der Waals surface area contributed by atoms with E-state index < -0.39 is 21.1 Å². The third kappa shape index (κ3) is 6.70. The molecule has 0 fully saturated rings. The minimum absolute atomic E-state index is 0.132. The Morgan fingerprint density at radius 1 is 1.08 bits per heavy atom. The van der Waals surface area contributed by atoms with Gasteiger partial charge in [-0.15, -0.1) is 0 Å². The second-order valence-corrected chi connectivity index (χ2v) is 8.47. The van der Waals surface area contributed by atoms with E-state index in [1.807, 2.05) is 0 Å². The normalized spacial score (nSPS) is 11.5. The lowest BCUT2D eigenvalue weighted by molar-refractivity contribution is -0.137. The minimum atomic E-state index is -3.29. The van der Waals surface area contributed by atoms with Crippen molar-refractivity contribution >= 4 is 21.7 Å². The second-order valence-electron chi connectivity index (χ2n) is 5.97. The topological polar surface area (TPSA) is 101 Å². The van der Waals surface area contributed by atoms with Crippen LogP contribution in [0.4, 0.5) is 0 Å². The highest BCUT2D eigenvalue weighted by atomic mass is 32.2. The van der Waals surface area contributed by atoms with Gasteiger partial charge in [0.25, 0.3) is 0 Å². The fourth-order valence-electron chi connectivity index (χ4n) is 2.12. The molecule has 134 valence electrons. The van der Waals surface area contributed by atoms with Crippen LogP contribution in [0.25, 0.3) is 0 Å². The summed E-state index contributed by atoms with van der Waals surface area (Å²) in [5.74, 6) is -0.935. The van der Waals surface area contributed by atoms with Crippen molar-refractivity contribution < 1.29 is 23.1 Å². The molecule has 0 unspecified atom stereocenters. The predicted octanol–water partition coefficient (Wildman–Crippen LogP) is 2.17. The Morgan fingerprint density at radius 2 is 1.71 bits per heavy atom. The first-order valence-electron chi connectivity index (χ1n) is 8.05. The van der Waals surface area contributed by atoms with E-state index in [1.54, 1.807) is 26.0 Å². The molecular weight excluding hydrogens is 330 g/mol. The lowest BCUT2D eigenvalue weighted by Gasteiger charge is -2.09. The molecule has 24 heavy (non-hydrogen) atoms. The third-order valence-electron chi connectivity index (χ3n) is 3.63. The number of benzene rings is 1. The van der Waals surface area contributed by atoms with Crippen LogP contribution in [0.15, 0.2) is 29.2 Å². The molecule has 0 aromatic heterocycles. The van der Waals surface area contributed by atoms with Crippen LogP contribution < -0.4 is 5.32 Å². The maximum Gasteiger partial charge on any atom is 0.303 e. The summed E-state index contributed by atoms with van der Waals surface area (Å²) in [6.07, 6.45) is 2.45. The summed E-state index contributed by atoms with van der Waals surface area (Å²) in [6.45, 7) is 3.78. The van der Waals surface area contributed by atoms with Crippen molar-refractivity contribution in [2.24, 2.45) is 0 Å². The number of rotatable bonds is 10. The Labute approximate surface area is 143 Å². The van der Waals surface area contributed by atoms with Gasteiger partial charge in [0.15, 0.2) is 9.84 Å². The maximum atomic E-state index is 12.0. The number of sulfone groups is 1. The number of aliphatic carboxylic acids is 1. The van der Waals surface area contributed by atoms with Gasteiger partial charge in [0.2, 0.25) is 5.91 Å². The summed E-state index contributed by atoms with van der Waals surface area (Å²) in [5, 5.41) is 10.8. The van der Waals surface area contributed by atoms with Gasteiger partial charge in [-0.05, 0) is 44.4 Å². The van der Waals surface area contributed by atoms with Gasteiger partial charge in [0, 0.05) is 13.0 Å². The maximum absolute atomic E-state index is 12.0. The van der Waals surface area contributed by atoms with E-state index >= 15 is 0 Å². The van der Waals surface area contributed by atoms with Gasteiger partial charge in [0.05, 0.1) is 16.6 Å². The SMILES string of the molecule is CC(C)S(=O)(=O)c1ccc(CC(=O)NCCCCCC(=O)O)cc1. The van der Waals surface area contributed by atoms with Crippen molar-refractivity contribution in [1.82, 2.24) is 5.32 Å². The van der Waals surface area contributed by atoms with Crippen molar-refractivity contribution in [3.63, 3.8) is 0 Å². The fraction of sp³-hybridized carbons (Fsp3) is 0.529. The van der Waals surface area contributed by atoms with Crippen LogP contribution in [0.3, 0.4) is 0 Å². The zero-order chi connectivity index (χ0) is 18.2. The van der Waals surface area contributed by atoms with Gasteiger partial charge in [-0.1, -0.05) is 18.6 Å². The van der Waals surface area contributed by atoms with Crippen LogP contribution in [0.1, 0.15) is 45.1 Å². The first-order valence-corrected chi connectivity index (χ1v) is 9.59. The Balaban J connectivity index is 2.39. The van der Waals surface area contributed by atoms with E-state index in [4.69, 9.17) is 5.11 Å². The molecule has 1 amide bonds. The van der Waals surface area contributed by atoms with E-state index in [2.05, 4.69) is 5.32 Å². The largest absolute Gasteiger partial charge is 0.481 e. The molecule has 0 atom stereocenters. The molecule has 0 radical (unpaired) electrons. The van der Waals surface area contributed by atoms with E-state index in [0.717, 1.165) is 18.4 Å². The number of hydrogen-bond donors (Lipinski definition) is 2. The van der Waals surface area contributed by atoms with Crippen LogP contribution in [0.5, 0.6) is 0 Å². The Morgan fingerprint density at radius 3 is 2.25 bits per heavy atom. The van der Waals surface area contributed by atoms with E-state index in [1.165, 1.54) is 12.1 Å². The lowest BCUT2D eigenvalue weighted by atomic mass is 10.1. The van der Waals surface area contributed by atoms with Gasteiger partial charge in [-0.2, -0.15) is 0 Å². The molecule has 0 saturated heterocycles. The number of carbonyl (C=O) groups is 2. The zero-order valence-corrected chi connectivity index (χ0v) is 14.9. The number of carboxylic acids is 1. The standard InChI is InChI=1S/C17H25NO5S/c1-13(2)24(22,23)15-9-7-14(8-10-15)12-16(19)18-11-5-3-4-6-17(20)21/h7-10,13H,3-6,11-12H2,1-2H3,(H,18,19)(H,20,21). The molecule has 7 heteroatoms. The number of hydrogen-bond acceptors (Lipinski definition) is 4. The summed E-state index contributed by atoms with van der Waals surface area (Å²) in [5.41, 5.74) is 0.751. The molecule has 0 aliphatic rings. The van der Waals surface area contributed by atoms with E-state index in [9.17, 15) is 18.0 Å². The van der Waals surface area contributed by atoms with Crippen molar-refractivity contribution in [2.75, 3.05) is 6.54 Å². The fourth-order valence-corrected chi connectivity index (χ4v) is 3.18. The van der Waals surface area contributed by atoms with Crippen LogP contribution in [-0.2, 0) is 25.8 Å². The van der Waals surface area contributed by atoms with Gasteiger partial charge in [0.1, 0.15) is 0 Å². The van der Waals surface area contributed by atoms with Crippen LogP contribution in [0, 0.1) is 0 Å². The summed E-state index contributed by atoms with van der Waals surface area (Å²) in [7, 11) is -3.29. The minimum Gasteiger partial charge on any atom is -0.481 e. The molecule has 0 aliphatic heterocycles. The van der Waals surface area contributed by atoms with Crippen molar-refractivity contribution in [3.8, 4) is 0 Å². The smallest absolute Gasteiger partial charge is 0.303 e. The Bertz CT molecular complexity index is 650. The molecule has 1 aromatic rings. The molecular formula is C17H25NO5S. The molecule has 2 N–H and O–H groups in total. The number of nitrogens with one attached hydrogen (secondary N) is 1. The van der Waals surface area contributed by atoms with Crippen molar-refractivity contribution in [2.45, 2.75) is 56.1 Å². The number of carbonyl (C=O) groups excluding carboxylic acids is 1. The first-order chi connectivity index (χ1) is 11.2. The monoisotopic (exact) mass is 355 g/mol. The third-order valence-corrected chi connectivity index (χ3v) is 5.80. The average molecular weight is 355 g/mol. The predicted molar refractivity (Wildman–Crippen MR) is 91.6 cm³/mol. The zero-order valence-electron chi connectivity index (χ0n) is 14.1. The molecule has 0 spiro atoms. The summed E-state index contributed by atoms with van der Waals surface area (Å²) < 4.78 is 24.0. The lowest BCUT2D eigenvalue weighted by Crippen LogP contribution is -2.26. The van der Waals surface area contributed by atoms with Crippen LogP contribution >= 0.6 is 0 Å². The molecule has 0 saturated carbocycles. The van der Waals surface area contributed by atoms with Crippen LogP contribution in [-0.4, -0.2) is 37.2 Å². The first kappa shape index (κ1) is 20.2. The second kappa shape index (κ2) is 9.42. The number of amides is 1. The van der Waals surface area contributed by atoms with Gasteiger partial charge in [-0.3, -0.25) is 9.59 Å². The average Bonchev–Trinajstić information content (AvgIpc) is 2.50. The Kier molecular flexibility index (Phi) is 7.91.